The van der Waals surface area contributed by atoms with Crippen molar-refractivity contribution in [1.82, 2.24) is 93.8 Å². The first kappa shape index (κ1) is 80.7. The molecule has 28 heteroatoms. The van der Waals surface area contributed by atoms with Crippen LogP contribution in [-0.4, -0.2) is 119 Å². The molecule has 10 aromatic heterocycles. The van der Waals surface area contributed by atoms with Crippen LogP contribution < -0.4 is 27.0 Å². The molecule has 118 heavy (non-hydrogen) atoms. The molecule has 12 heterocycles. The maximum absolute atomic E-state index is 12.5. The van der Waals surface area contributed by atoms with Crippen molar-refractivity contribution in [2.24, 2.45) is 10.9 Å². The monoisotopic (exact) mass is 1590 g/mol. The first-order valence-electron chi connectivity index (χ1n) is 42.1. The quantitative estimate of drug-likeness (QED) is 0.0620. The lowest BCUT2D eigenvalue weighted by Gasteiger charge is -2.22. The van der Waals surface area contributed by atoms with Crippen molar-refractivity contribution in [3.8, 4) is 17.9 Å². The molecule has 2 unspecified atom stereocenters. The molecule has 0 bridgehead atoms. The third-order valence-corrected chi connectivity index (χ3v) is 23.5. The van der Waals surface area contributed by atoms with E-state index in [1.54, 1.807) is 37.1 Å². The molecule has 4 saturated carbocycles. The highest BCUT2D eigenvalue weighted by molar-refractivity contribution is 6.01. The molecule has 0 amide bonds. The summed E-state index contributed by atoms with van der Waals surface area (Å²) in [5.74, 6) is 4.89. The fraction of sp³-hybridized carbons (Fsp3) is 0.433. The van der Waals surface area contributed by atoms with Crippen LogP contribution in [0, 0.1) is 28.6 Å². The normalized spacial score (nSPS) is 16.8. The van der Waals surface area contributed by atoms with Crippen LogP contribution in [0.2, 0.25) is 0 Å². The number of H-pyrrole nitrogens is 4. The molecule has 3 aromatic carbocycles. The second-order valence-corrected chi connectivity index (χ2v) is 31.8. The third-order valence-electron chi connectivity index (χ3n) is 23.5. The summed E-state index contributed by atoms with van der Waals surface area (Å²) >= 11 is 0. The van der Waals surface area contributed by atoms with Gasteiger partial charge in [0.15, 0.2) is 28.4 Å². The number of rotatable bonds is 18. The van der Waals surface area contributed by atoms with Gasteiger partial charge in [-0.1, -0.05) is 152 Å². The van der Waals surface area contributed by atoms with Crippen molar-refractivity contribution in [2.45, 2.75) is 224 Å². The largest absolute Gasteiger partial charge is 0.494 e. The minimum atomic E-state index is -0.173. The number of aromatic nitrogens is 19. The lowest BCUT2D eigenvalue weighted by Crippen LogP contribution is -2.18. The Kier molecular flexibility index (Phi) is 26.1. The Morgan fingerprint density at radius 2 is 0.983 bits per heavy atom. The van der Waals surface area contributed by atoms with E-state index in [0.29, 0.717) is 130 Å². The van der Waals surface area contributed by atoms with E-state index in [1.165, 1.54) is 70.6 Å². The zero-order valence-electron chi connectivity index (χ0n) is 67.5. The summed E-state index contributed by atoms with van der Waals surface area (Å²) in [6.45, 7) is 12.6. The highest BCUT2D eigenvalue weighted by atomic mass is 16.5. The Bertz CT molecular complexity index is 6030. The molecule has 28 nitrogen and oxygen atoms in total. The van der Waals surface area contributed by atoms with Crippen LogP contribution in [0.3, 0.4) is 0 Å². The summed E-state index contributed by atoms with van der Waals surface area (Å²) in [4.78, 5) is 88.9. The van der Waals surface area contributed by atoms with Crippen molar-refractivity contribution >= 4 is 61.2 Å². The molecule has 2 aliphatic heterocycles. The van der Waals surface area contributed by atoms with Gasteiger partial charge in [0.2, 0.25) is 0 Å². The second-order valence-electron chi connectivity index (χ2n) is 31.8. The standard InChI is InChI=1S/C20H24N4O2.C19H18N4O.C18H17N5O.C17H19N5O.C16H24N4O/c1-2-26-17-11-7-6-8-14(17)12-18-22-19-16(20(25)23-18)13-21-24(19)15-9-4-3-5-10-15;1-13-7-16(9-14-3-2-4-15(8-14)10-20)22-19-18(13)11-21-23(19)17-5-6-24-12-17;19-10-13-6-2-1-5-12(13)9-16-21-17-15(18(24)22-16)11-20-23(17)14-7-3-4-8-14;23-17-14-11-19-22(13-7-2-1-3-8-13)16(14)20-15(21-17)10-12-6-4-5-9-18-12;1-3-11(2)9-14-18-15-13(16(21)19-14)10-17-20(15)12-7-5-4-6-8-12/h6-8,11,13,15H,2-5,9-10,12H2,1H3,(H,22,23,25);2-4,8,11,17H,1,5-7,9,12H2;1-2,5-6,11,14H,3-4,7-9H2,(H,21,22,24);4-6,9,11,13H,1-3,7-8,10H2,(H,20,21,23);10-12H,3-9H2,1-2H3,(H,18,19,21). The number of nitrogens with one attached hydrogen (secondary N) is 4. The van der Waals surface area contributed by atoms with Gasteiger partial charge in [-0.3, -0.25) is 24.2 Å². The fourth-order valence-electron chi connectivity index (χ4n) is 17.0. The van der Waals surface area contributed by atoms with E-state index in [0.717, 1.165) is 152 Å². The number of nitriles is 2. The van der Waals surface area contributed by atoms with Crippen molar-refractivity contribution in [3.63, 3.8) is 0 Å². The number of ether oxygens (including phenoxy) is 2. The van der Waals surface area contributed by atoms with E-state index < -0.39 is 0 Å². The molecule has 6 aliphatic rings. The second kappa shape index (κ2) is 38.1. The third kappa shape index (κ3) is 19.0. The topological polar surface area (TPSA) is 363 Å². The van der Waals surface area contributed by atoms with E-state index in [4.69, 9.17) is 29.7 Å². The molecule has 4 aliphatic carbocycles. The van der Waals surface area contributed by atoms with Crippen LogP contribution in [0.25, 0.3) is 49.7 Å². The SMILES string of the molecule is C=C1CC(Cc2cccc(C#N)c2)=Nc2c1cnn2C1CCOC1.CCC(C)Cc1nc2c(cnn2C2CCCCC2)c(=O)[nH]1.CCOc1ccccc1Cc1nc2c(cnn2C2CCCCC2)c(=O)[nH]1.N#Cc1ccccc1Cc1nc2c(cnn2C2CCCC2)c(=O)[nH]1.O=c1[nH]c(Cc2ccccn2)nc2c1cnn2C1CCCCC1. The van der Waals surface area contributed by atoms with Gasteiger partial charge in [-0.15, -0.1) is 0 Å². The Morgan fingerprint density at radius 1 is 0.508 bits per heavy atom. The van der Waals surface area contributed by atoms with E-state index in [-0.39, 0.29) is 28.3 Å². The Labute approximate surface area is 683 Å². The van der Waals surface area contributed by atoms with Crippen molar-refractivity contribution in [2.75, 3.05) is 19.8 Å². The van der Waals surface area contributed by atoms with Crippen molar-refractivity contribution in [3.05, 3.63) is 239 Å². The summed E-state index contributed by atoms with van der Waals surface area (Å²) in [5, 5.41) is 42.9. The molecular weight excluding hydrogens is 1490 g/mol. The summed E-state index contributed by atoms with van der Waals surface area (Å²) in [5.41, 5.74) is 10.6. The first-order chi connectivity index (χ1) is 57.8. The van der Waals surface area contributed by atoms with Gasteiger partial charge in [0.05, 0.1) is 97.7 Å². The molecule has 608 valence electrons. The van der Waals surface area contributed by atoms with Gasteiger partial charge in [-0.25, -0.2) is 48.3 Å². The Balaban J connectivity index is 0.000000116. The molecule has 0 radical (unpaired) electrons. The summed E-state index contributed by atoms with van der Waals surface area (Å²) < 4.78 is 21.0. The minimum Gasteiger partial charge on any atom is -0.494 e. The van der Waals surface area contributed by atoms with Gasteiger partial charge in [0.25, 0.3) is 22.2 Å². The fourth-order valence-corrected chi connectivity index (χ4v) is 17.0. The molecule has 1 saturated heterocycles. The smallest absolute Gasteiger partial charge is 0.262 e. The Morgan fingerprint density at radius 3 is 1.47 bits per heavy atom. The van der Waals surface area contributed by atoms with E-state index in [9.17, 15) is 24.4 Å². The van der Waals surface area contributed by atoms with Crippen molar-refractivity contribution < 1.29 is 9.47 Å². The number of benzene rings is 3. The van der Waals surface area contributed by atoms with Crippen molar-refractivity contribution in [1.29, 1.82) is 10.5 Å². The molecule has 19 rings (SSSR count). The number of para-hydroxylation sites is 1. The number of aliphatic imine (C=N–C) groups is 1. The lowest BCUT2D eigenvalue weighted by atomic mass is 9.96. The molecule has 5 fully saturated rings. The number of hydrogen-bond donors (Lipinski definition) is 4. The number of allylic oxidation sites excluding steroid dienone is 1. The average molecular weight is 1590 g/mol. The summed E-state index contributed by atoms with van der Waals surface area (Å²) in [7, 11) is 0. The summed E-state index contributed by atoms with van der Waals surface area (Å²) in [6.07, 6.45) is 38.5. The van der Waals surface area contributed by atoms with Crippen LogP contribution in [0.4, 0.5) is 5.82 Å². The van der Waals surface area contributed by atoms with Gasteiger partial charge in [-0.05, 0) is 124 Å². The van der Waals surface area contributed by atoms with Crippen LogP contribution >= 0.6 is 0 Å². The van der Waals surface area contributed by atoms with Gasteiger partial charge < -0.3 is 29.4 Å². The maximum Gasteiger partial charge on any atom is 0.262 e. The van der Waals surface area contributed by atoms with E-state index in [1.807, 2.05) is 121 Å². The van der Waals surface area contributed by atoms with Crippen LogP contribution in [0.5, 0.6) is 5.75 Å². The zero-order chi connectivity index (χ0) is 81.4. The average Bonchev–Trinajstić information content (AvgIpc) is 1.66. The predicted octanol–water partition coefficient (Wildman–Crippen LogP) is 15.6. The number of nitrogens with zero attached hydrogens (tertiary/aromatic N) is 18. The Hall–Kier alpha value is -12.4. The first-order valence-corrected chi connectivity index (χ1v) is 42.1. The van der Waals surface area contributed by atoms with E-state index in [2.05, 4.69) is 92.9 Å². The number of aromatic amines is 4. The maximum atomic E-state index is 12.5. The van der Waals surface area contributed by atoms with Gasteiger partial charge in [0, 0.05) is 73.9 Å². The molecule has 2 atom stereocenters. The van der Waals surface area contributed by atoms with Crippen LogP contribution in [0.15, 0.2) is 159 Å². The van der Waals surface area contributed by atoms with Gasteiger partial charge >= 0.3 is 0 Å². The molecular formula is C90H102N22O6. The predicted molar refractivity (Wildman–Crippen MR) is 453 cm³/mol. The van der Waals surface area contributed by atoms with Crippen LogP contribution in [0.1, 0.15) is 255 Å². The highest BCUT2D eigenvalue weighted by Gasteiger charge is 2.29. The molecule has 0 spiro atoms. The number of hydrogen-bond acceptors (Lipinski definition) is 19. The van der Waals surface area contributed by atoms with E-state index >= 15 is 0 Å². The molecule has 4 N–H and O–H groups in total. The minimum absolute atomic E-state index is 0.0552. The van der Waals surface area contributed by atoms with Gasteiger partial charge in [-0.2, -0.15) is 36.0 Å². The number of pyridine rings is 1. The highest BCUT2D eigenvalue weighted by Crippen LogP contribution is 2.38. The van der Waals surface area contributed by atoms with Crippen LogP contribution in [-0.2, 0) is 36.8 Å². The molecule has 13 aromatic rings. The van der Waals surface area contributed by atoms with Gasteiger partial charge in [0.1, 0.15) is 50.6 Å². The zero-order valence-corrected chi connectivity index (χ0v) is 67.5. The lowest BCUT2D eigenvalue weighted by molar-refractivity contribution is 0.185. The summed E-state index contributed by atoms with van der Waals surface area (Å²) in [6, 6.07) is 34.7. The number of fused-ring (bicyclic) bond motifs is 5.